The van der Waals surface area contributed by atoms with Crippen LogP contribution in [0.5, 0.6) is 0 Å². The van der Waals surface area contributed by atoms with Crippen molar-refractivity contribution >= 4 is 18.0 Å². The first-order chi connectivity index (χ1) is 16.5. The molecule has 0 bridgehead atoms. The van der Waals surface area contributed by atoms with E-state index < -0.39 is 18.1 Å². The van der Waals surface area contributed by atoms with Gasteiger partial charge >= 0.3 is 12.1 Å². The number of rotatable bonds is 8. The smallest absolute Gasteiger partial charge is 0.407 e. The lowest BCUT2D eigenvalue weighted by Crippen LogP contribution is -2.48. The van der Waals surface area contributed by atoms with E-state index in [9.17, 15) is 19.5 Å². The summed E-state index contributed by atoms with van der Waals surface area (Å²) in [6, 6.07) is 15.5. The van der Waals surface area contributed by atoms with E-state index in [1.54, 1.807) is 0 Å². The molecule has 0 saturated carbocycles. The third-order valence-electron chi connectivity index (χ3n) is 6.84. The van der Waals surface area contributed by atoms with Gasteiger partial charge in [-0.1, -0.05) is 48.5 Å². The van der Waals surface area contributed by atoms with Gasteiger partial charge in [-0.05, 0) is 61.3 Å². The number of hydrogen-bond donors (Lipinski definition) is 2. The molecule has 2 aliphatic rings. The second kappa shape index (κ2) is 10.7. The third-order valence-corrected chi connectivity index (χ3v) is 6.84. The van der Waals surface area contributed by atoms with Gasteiger partial charge < -0.3 is 20.1 Å². The van der Waals surface area contributed by atoms with Gasteiger partial charge in [0.1, 0.15) is 12.6 Å². The molecular weight excluding hydrogens is 432 g/mol. The number of nitrogens with zero attached hydrogens (tertiary/aromatic N) is 1. The fourth-order valence-corrected chi connectivity index (χ4v) is 5.10. The van der Waals surface area contributed by atoms with Crippen molar-refractivity contribution in [3.05, 3.63) is 59.7 Å². The van der Waals surface area contributed by atoms with Gasteiger partial charge in [0.05, 0.1) is 0 Å². The van der Waals surface area contributed by atoms with Crippen LogP contribution in [-0.2, 0) is 14.3 Å². The van der Waals surface area contributed by atoms with E-state index in [4.69, 9.17) is 4.74 Å². The molecule has 180 valence electrons. The average molecular weight is 465 g/mol. The van der Waals surface area contributed by atoms with Crippen molar-refractivity contribution in [2.45, 2.75) is 63.5 Å². The van der Waals surface area contributed by atoms with Gasteiger partial charge in [0.2, 0.25) is 5.91 Å². The van der Waals surface area contributed by atoms with Crippen LogP contribution in [0, 0.1) is 0 Å². The molecule has 0 aromatic heterocycles. The van der Waals surface area contributed by atoms with Gasteiger partial charge in [-0.3, -0.25) is 4.79 Å². The highest BCUT2D eigenvalue weighted by molar-refractivity contribution is 5.84. The van der Waals surface area contributed by atoms with Crippen molar-refractivity contribution in [2.75, 3.05) is 13.2 Å². The SMILES string of the molecule is CC(CCCC(=O)N1CCCC[C@@H]1C(=O)O)NC(=O)OCC1c2ccccc2-c2ccccc21. The molecule has 2 aromatic carbocycles. The number of hydrogen-bond acceptors (Lipinski definition) is 4. The maximum atomic E-state index is 12.5. The van der Waals surface area contributed by atoms with E-state index >= 15 is 0 Å². The zero-order chi connectivity index (χ0) is 24.1. The second-order valence-electron chi connectivity index (χ2n) is 9.20. The molecule has 2 aromatic rings. The van der Waals surface area contributed by atoms with Crippen molar-refractivity contribution in [1.29, 1.82) is 0 Å². The summed E-state index contributed by atoms with van der Waals surface area (Å²) >= 11 is 0. The lowest BCUT2D eigenvalue weighted by atomic mass is 9.98. The van der Waals surface area contributed by atoms with Crippen LogP contribution >= 0.6 is 0 Å². The molecule has 2 amide bonds. The summed E-state index contributed by atoms with van der Waals surface area (Å²) in [4.78, 5) is 37.8. The van der Waals surface area contributed by atoms with Crippen LogP contribution in [0.4, 0.5) is 4.79 Å². The molecule has 34 heavy (non-hydrogen) atoms. The molecule has 1 aliphatic heterocycles. The number of alkyl carbamates (subject to hydrolysis) is 1. The van der Waals surface area contributed by atoms with Crippen molar-refractivity contribution in [3.8, 4) is 11.1 Å². The van der Waals surface area contributed by atoms with E-state index in [-0.39, 0.29) is 30.9 Å². The minimum absolute atomic E-state index is 0.0119. The Labute approximate surface area is 200 Å². The van der Waals surface area contributed by atoms with Crippen LogP contribution < -0.4 is 5.32 Å². The number of carboxylic acid groups (broad SMARTS) is 1. The summed E-state index contributed by atoms with van der Waals surface area (Å²) in [5.74, 6) is -1.04. The fourth-order valence-electron chi connectivity index (χ4n) is 5.10. The Morgan fingerprint density at radius 1 is 1.06 bits per heavy atom. The van der Waals surface area contributed by atoms with Gasteiger partial charge in [0.25, 0.3) is 0 Å². The summed E-state index contributed by atoms with van der Waals surface area (Å²) in [6.45, 7) is 2.65. The standard InChI is InChI=1S/C27H32N2O5/c1-18(9-8-15-25(30)29-16-7-6-14-24(29)26(31)32)28-27(33)34-17-23-21-12-4-2-10-19(21)20-11-3-5-13-22(20)23/h2-5,10-13,18,23-24H,6-9,14-17H2,1H3,(H,28,33)(H,31,32)/t18?,24-/m1/s1. The first-order valence-electron chi connectivity index (χ1n) is 12.1. The molecule has 1 unspecified atom stereocenters. The molecule has 2 N–H and O–H groups in total. The quantitative estimate of drug-likeness (QED) is 0.598. The summed E-state index contributed by atoms with van der Waals surface area (Å²) in [5, 5.41) is 12.2. The van der Waals surface area contributed by atoms with Crippen LogP contribution in [0.2, 0.25) is 0 Å². The van der Waals surface area contributed by atoms with Gasteiger partial charge in [-0.25, -0.2) is 9.59 Å². The van der Waals surface area contributed by atoms with Crippen molar-refractivity contribution in [3.63, 3.8) is 0 Å². The zero-order valence-corrected chi connectivity index (χ0v) is 19.5. The molecule has 0 radical (unpaired) electrons. The van der Waals surface area contributed by atoms with Gasteiger partial charge in [-0.2, -0.15) is 0 Å². The molecule has 7 heteroatoms. The summed E-state index contributed by atoms with van der Waals surface area (Å²) in [6.07, 6.45) is 3.19. The highest BCUT2D eigenvalue weighted by Gasteiger charge is 2.32. The Balaban J connectivity index is 1.23. The topological polar surface area (TPSA) is 95.9 Å². The lowest BCUT2D eigenvalue weighted by Gasteiger charge is -2.33. The van der Waals surface area contributed by atoms with E-state index in [1.807, 2.05) is 31.2 Å². The number of carbonyl (C=O) groups excluding carboxylic acids is 2. The molecule has 7 nitrogen and oxygen atoms in total. The fraction of sp³-hybridized carbons (Fsp3) is 0.444. The van der Waals surface area contributed by atoms with Gasteiger partial charge in [0, 0.05) is 24.9 Å². The first kappa shape index (κ1) is 23.8. The summed E-state index contributed by atoms with van der Waals surface area (Å²) < 4.78 is 5.58. The van der Waals surface area contributed by atoms with E-state index in [1.165, 1.54) is 27.2 Å². The second-order valence-corrected chi connectivity index (χ2v) is 9.20. The number of amides is 2. The normalized spacial score (nSPS) is 18.0. The first-order valence-corrected chi connectivity index (χ1v) is 12.1. The van der Waals surface area contributed by atoms with Crippen LogP contribution in [0.3, 0.4) is 0 Å². The number of nitrogens with one attached hydrogen (secondary N) is 1. The Morgan fingerprint density at radius 3 is 2.35 bits per heavy atom. The predicted octanol–water partition coefficient (Wildman–Crippen LogP) is 4.55. The summed E-state index contributed by atoms with van der Waals surface area (Å²) in [7, 11) is 0. The predicted molar refractivity (Wildman–Crippen MR) is 129 cm³/mol. The maximum absolute atomic E-state index is 12.5. The number of likely N-dealkylation sites (tertiary alicyclic amines) is 1. The molecule has 1 aliphatic carbocycles. The van der Waals surface area contributed by atoms with Crippen LogP contribution in [-0.4, -0.2) is 53.2 Å². The molecule has 2 atom stereocenters. The molecule has 1 saturated heterocycles. The van der Waals surface area contributed by atoms with Crippen molar-refractivity contribution in [1.82, 2.24) is 10.2 Å². The Kier molecular flexibility index (Phi) is 7.50. The number of carbonyl (C=O) groups is 3. The average Bonchev–Trinajstić information content (AvgIpc) is 3.16. The minimum atomic E-state index is -0.932. The Morgan fingerprint density at radius 2 is 1.71 bits per heavy atom. The van der Waals surface area contributed by atoms with Gasteiger partial charge in [-0.15, -0.1) is 0 Å². The van der Waals surface area contributed by atoms with E-state index in [0.717, 1.165) is 12.8 Å². The largest absolute Gasteiger partial charge is 0.480 e. The Hall–Kier alpha value is -3.35. The Bertz CT molecular complexity index is 1010. The molecule has 1 fully saturated rings. The zero-order valence-electron chi connectivity index (χ0n) is 19.5. The molecule has 4 rings (SSSR count). The number of piperidine rings is 1. The number of carboxylic acids is 1. The third kappa shape index (κ3) is 5.24. The highest BCUT2D eigenvalue weighted by atomic mass is 16.5. The number of ether oxygens (including phenoxy) is 1. The van der Waals surface area contributed by atoms with Crippen LogP contribution in [0.1, 0.15) is 62.5 Å². The van der Waals surface area contributed by atoms with Gasteiger partial charge in [0.15, 0.2) is 0 Å². The number of fused-ring (bicyclic) bond motifs is 3. The monoisotopic (exact) mass is 464 g/mol. The maximum Gasteiger partial charge on any atom is 0.407 e. The van der Waals surface area contributed by atoms with Crippen LogP contribution in [0.25, 0.3) is 11.1 Å². The highest BCUT2D eigenvalue weighted by Crippen LogP contribution is 2.44. The van der Waals surface area contributed by atoms with E-state index in [0.29, 0.717) is 25.8 Å². The molecule has 1 heterocycles. The van der Waals surface area contributed by atoms with Crippen molar-refractivity contribution < 1.29 is 24.2 Å². The minimum Gasteiger partial charge on any atom is -0.480 e. The number of benzene rings is 2. The molecular formula is C27H32N2O5. The van der Waals surface area contributed by atoms with Crippen LogP contribution in [0.15, 0.2) is 48.5 Å². The summed E-state index contributed by atoms with van der Waals surface area (Å²) in [5.41, 5.74) is 4.70. The number of aliphatic carboxylic acids is 1. The van der Waals surface area contributed by atoms with E-state index in [2.05, 4.69) is 29.6 Å². The lowest BCUT2D eigenvalue weighted by molar-refractivity contribution is -0.152. The van der Waals surface area contributed by atoms with Crippen molar-refractivity contribution in [2.24, 2.45) is 0 Å². The molecule has 0 spiro atoms.